The van der Waals surface area contributed by atoms with Gasteiger partial charge in [-0.25, -0.2) is 0 Å². The minimum absolute atomic E-state index is 0.625. The van der Waals surface area contributed by atoms with Crippen LogP contribution in [0.3, 0.4) is 0 Å². The number of hydrogen-bond donors (Lipinski definition) is 4. The SMILES string of the molecule is N[C@H](C(=O)O)c1ccccc1.N[C@H](C(=O)O)c1ccccc1. The molecule has 0 saturated heterocycles. The van der Waals surface area contributed by atoms with E-state index in [-0.39, 0.29) is 0 Å². The van der Waals surface area contributed by atoms with Crippen LogP contribution in [-0.2, 0) is 9.59 Å². The van der Waals surface area contributed by atoms with Crippen LogP contribution < -0.4 is 11.5 Å². The average molecular weight is 302 g/mol. The van der Waals surface area contributed by atoms with Crippen LogP contribution in [-0.4, -0.2) is 22.2 Å². The lowest BCUT2D eigenvalue weighted by Gasteiger charge is -2.04. The van der Waals surface area contributed by atoms with Crippen molar-refractivity contribution in [3.8, 4) is 0 Å². The van der Waals surface area contributed by atoms with Crippen molar-refractivity contribution in [3.63, 3.8) is 0 Å². The Bertz CT molecular complexity index is 547. The van der Waals surface area contributed by atoms with Gasteiger partial charge in [0.2, 0.25) is 0 Å². The summed E-state index contributed by atoms with van der Waals surface area (Å²) >= 11 is 0. The second-order valence-electron chi connectivity index (χ2n) is 4.45. The van der Waals surface area contributed by atoms with Gasteiger partial charge >= 0.3 is 11.9 Å². The molecule has 0 aliphatic heterocycles. The van der Waals surface area contributed by atoms with E-state index in [1.165, 1.54) is 0 Å². The Hall–Kier alpha value is -2.70. The minimum atomic E-state index is -1.00. The molecule has 0 amide bonds. The summed E-state index contributed by atoms with van der Waals surface area (Å²) in [6, 6.07) is 15.6. The fourth-order valence-corrected chi connectivity index (χ4v) is 1.61. The maximum Gasteiger partial charge on any atom is 0.325 e. The Morgan fingerprint density at radius 3 is 1.18 bits per heavy atom. The third-order valence-corrected chi connectivity index (χ3v) is 2.85. The molecule has 22 heavy (non-hydrogen) atoms. The Balaban J connectivity index is 0.000000220. The Kier molecular flexibility index (Phi) is 6.75. The highest BCUT2D eigenvalue weighted by atomic mass is 16.4. The van der Waals surface area contributed by atoms with Crippen LogP contribution in [0, 0.1) is 0 Å². The lowest BCUT2D eigenvalue weighted by molar-refractivity contribution is -0.139. The summed E-state index contributed by atoms with van der Waals surface area (Å²) in [7, 11) is 0. The maximum absolute atomic E-state index is 10.4. The quantitative estimate of drug-likeness (QED) is 0.678. The van der Waals surface area contributed by atoms with E-state index in [2.05, 4.69) is 0 Å². The lowest BCUT2D eigenvalue weighted by atomic mass is 10.1. The van der Waals surface area contributed by atoms with E-state index < -0.39 is 24.0 Å². The topological polar surface area (TPSA) is 127 Å². The van der Waals surface area contributed by atoms with Crippen LogP contribution in [0.15, 0.2) is 60.7 Å². The highest BCUT2D eigenvalue weighted by Gasteiger charge is 2.12. The molecule has 2 atom stereocenters. The van der Waals surface area contributed by atoms with Crippen molar-refractivity contribution in [2.24, 2.45) is 11.5 Å². The number of aliphatic carboxylic acids is 2. The zero-order valence-electron chi connectivity index (χ0n) is 11.8. The molecule has 0 spiro atoms. The summed E-state index contributed by atoms with van der Waals surface area (Å²) in [6.45, 7) is 0. The summed E-state index contributed by atoms with van der Waals surface area (Å²) in [5.41, 5.74) is 11.9. The smallest absolute Gasteiger partial charge is 0.325 e. The number of rotatable bonds is 4. The molecule has 2 aromatic rings. The van der Waals surface area contributed by atoms with Crippen LogP contribution in [0.2, 0.25) is 0 Å². The molecule has 116 valence electrons. The summed E-state index contributed by atoms with van der Waals surface area (Å²) in [5.74, 6) is -2.01. The van der Waals surface area contributed by atoms with Gasteiger partial charge in [0.05, 0.1) is 0 Å². The molecular weight excluding hydrogens is 284 g/mol. The maximum atomic E-state index is 10.4. The van der Waals surface area contributed by atoms with Gasteiger partial charge in [-0.2, -0.15) is 0 Å². The summed E-state index contributed by atoms with van der Waals surface area (Å²) in [4.78, 5) is 20.7. The van der Waals surface area contributed by atoms with Crippen molar-refractivity contribution in [2.45, 2.75) is 12.1 Å². The Morgan fingerprint density at radius 1 is 0.682 bits per heavy atom. The molecule has 0 aliphatic rings. The van der Waals surface area contributed by atoms with Gasteiger partial charge in [0.1, 0.15) is 12.1 Å². The molecular formula is C16H18N2O4. The zero-order valence-corrected chi connectivity index (χ0v) is 11.8. The van der Waals surface area contributed by atoms with Crippen molar-refractivity contribution in [1.29, 1.82) is 0 Å². The second-order valence-corrected chi connectivity index (χ2v) is 4.45. The first-order valence-electron chi connectivity index (χ1n) is 6.50. The van der Waals surface area contributed by atoms with E-state index >= 15 is 0 Å². The van der Waals surface area contributed by atoms with Crippen molar-refractivity contribution in [3.05, 3.63) is 71.8 Å². The number of carboxylic acid groups (broad SMARTS) is 2. The predicted octanol–water partition coefficient (Wildman–Crippen LogP) is 1.54. The van der Waals surface area contributed by atoms with Gasteiger partial charge in [-0.1, -0.05) is 60.7 Å². The second kappa shape index (κ2) is 8.56. The van der Waals surface area contributed by atoms with E-state index in [0.717, 1.165) is 0 Å². The van der Waals surface area contributed by atoms with Gasteiger partial charge < -0.3 is 21.7 Å². The van der Waals surface area contributed by atoms with Crippen molar-refractivity contribution in [1.82, 2.24) is 0 Å². The number of nitrogens with two attached hydrogens (primary N) is 2. The summed E-state index contributed by atoms with van der Waals surface area (Å²) < 4.78 is 0. The van der Waals surface area contributed by atoms with Crippen molar-refractivity contribution < 1.29 is 19.8 Å². The van der Waals surface area contributed by atoms with E-state index in [4.69, 9.17) is 21.7 Å². The Morgan fingerprint density at radius 2 is 0.955 bits per heavy atom. The first-order chi connectivity index (χ1) is 10.4. The molecule has 0 radical (unpaired) electrons. The molecule has 2 aromatic carbocycles. The van der Waals surface area contributed by atoms with E-state index in [1.807, 2.05) is 12.1 Å². The molecule has 0 bridgehead atoms. The number of hydrogen-bond acceptors (Lipinski definition) is 4. The highest BCUT2D eigenvalue weighted by Crippen LogP contribution is 2.09. The Labute approximate surface area is 128 Å². The fourth-order valence-electron chi connectivity index (χ4n) is 1.61. The van der Waals surface area contributed by atoms with Gasteiger partial charge in [-0.3, -0.25) is 9.59 Å². The molecule has 6 heteroatoms. The van der Waals surface area contributed by atoms with Gasteiger partial charge in [0.25, 0.3) is 0 Å². The molecule has 0 aliphatic carbocycles. The number of carbonyl (C=O) groups is 2. The third-order valence-electron chi connectivity index (χ3n) is 2.85. The van der Waals surface area contributed by atoms with Crippen LogP contribution in [0.5, 0.6) is 0 Å². The van der Waals surface area contributed by atoms with Crippen molar-refractivity contribution >= 4 is 11.9 Å². The molecule has 6 N–H and O–H groups in total. The third kappa shape index (κ3) is 5.35. The predicted molar refractivity (Wildman–Crippen MR) is 82.0 cm³/mol. The first kappa shape index (κ1) is 17.4. The molecule has 0 fully saturated rings. The molecule has 0 unspecified atom stereocenters. The molecule has 0 aromatic heterocycles. The number of benzene rings is 2. The van der Waals surface area contributed by atoms with Gasteiger partial charge in [-0.05, 0) is 11.1 Å². The normalized spacial score (nSPS) is 12.5. The monoisotopic (exact) mass is 302 g/mol. The molecule has 6 nitrogen and oxygen atoms in total. The average Bonchev–Trinajstić information content (AvgIpc) is 2.55. The lowest BCUT2D eigenvalue weighted by Crippen LogP contribution is -2.20. The summed E-state index contributed by atoms with van der Waals surface area (Å²) in [5, 5.41) is 17.0. The van der Waals surface area contributed by atoms with Crippen LogP contribution >= 0.6 is 0 Å². The minimum Gasteiger partial charge on any atom is -0.480 e. The van der Waals surface area contributed by atoms with E-state index in [1.54, 1.807) is 48.5 Å². The van der Waals surface area contributed by atoms with Crippen LogP contribution in [0.1, 0.15) is 23.2 Å². The van der Waals surface area contributed by atoms with Crippen LogP contribution in [0.25, 0.3) is 0 Å². The van der Waals surface area contributed by atoms with E-state index in [0.29, 0.717) is 11.1 Å². The molecule has 0 heterocycles. The fraction of sp³-hybridized carbons (Fsp3) is 0.125. The zero-order chi connectivity index (χ0) is 16.5. The van der Waals surface area contributed by atoms with Gasteiger partial charge in [0.15, 0.2) is 0 Å². The van der Waals surface area contributed by atoms with E-state index in [9.17, 15) is 9.59 Å². The van der Waals surface area contributed by atoms with Crippen LogP contribution in [0.4, 0.5) is 0 Å². The standard InChI is InChI=1S/2C8H9NO2/c2*9-7(8(10)11)6-4-2-1-3-5-6/h2*1-5,7H,9H2,(H,10,11)/t2*7-/m00/s1. The largest absolute Gasteiger partial charge is 0.480 e. The van der Waals surface area contributed by atoms with Gasteiger partial charge in [0, 0.05) is 0 Å². The highest BCUT2D eigenvalue weighted by molar-refractivity contribution is 5.75. The number of carboxylic acids is 2. The molecule has 0 saturated carbocycles. The summed E-state index contributed by atoms with van der Waals surface area (Å²) in [6.07, 6.45) is 0. The van der Waals surface area contributed by atoms with Gasteiger partial charge in [-0.15, -0.1) is 0 Å². The van der Waals surface area contributed by atoms with Crippen molar-refractivity contribution in [2.75, 3.05) is 0 Å². The first-order valence-corrected chi connectivity index (χ1v) is 6.50. The molecule has 2 rings (SSSR count).